The summed E-state index contributed by atoms with van der Waals surface area (Å²) >= 11 is 0. The van der Waals surface area contributed by atoms with Crippen LogP contribution in [0.2, 0.25) is 0 Å². The quantitative estimate of drug-likeness (QED) is 0.475. The second kappa shape index (κ2) is 2.63. The van der Waals surface area contributed by atoms with Crippen molar-refractivity contribution in [2.45, 2.75) is 6.92 Å². The second-order valence-electron chi connectivity index (χ2n) is 2.11. The van der Waals surface area contributed by atoms with E-state index in [0.717, 1.165) is 0 Å². The Labute approximate surface area is 56.4 Å². The molecule has 0 aliphatic rings. The molecule has 0 heterocycles. The molecule has 0 bridgehead atoms. The van der Waals surface area contributed by atoms with Gasteiger partial charge >= 0.3 is 55.6 Å². The van der Waals surface area contributed by atoms with Crippen molar-refractivity contribution in [2.75, 3.05) is 0 Å². The van der Waals surface area contributed by atoms with E-state index in [1.54, 1.807) is 0 Å². The maximum absolute atomic E-state index is 3.66. The zero-order valence-corrected chi connectivity index (χ0v) is 5.59. The fourth-order valence-electron chi connectivity index (χ4n) is 0.703. The van der Waals surface area contributed by atoms with Crippen LogP contribution in [-0.2, 0) is 0 Å². The number of hydrogen-bond acceptors (Lipinski definition) is 0. The first kappa shape index (κ1) is 6.28. The molecule has 0 fully saturated rings. The standard InChI is InChI=1S/C8H9B/c1-7-3-5-8(9-2)6-4-7/h3-6H,2H2,1H3. The first-order chi connectivity index (χ1) is 4.33. The van der Waals surface area contributed by atoms with Crippen LogP contribution < -0.4 is 5.46 Å². The normalized spacial score (nSPS) is 8.56. The van der Waals surface area contributed by atoms with Crippen molar-refractivity contribution < 1.29 is 0 Å². The van der Waals surface area contributed by atoms with E-state index < -0.39 is 0 Å². The van der Waals surface area contributed by atoms with E-state index in [0.29, 0.717) is 0 Å². The van der Waals surface area contributed by atoms with Crippen molar-refractivity contribution in [1.82, 2.24) is 0 Å². The van der Waals surface area contributed by atoms with Crippen molar-refractivity contribution >= 4 is 18.9 Å². The molecular formula is C8H9B. The molecule has 0 spiro atoms. The van der Waals surface area contributed by atoms with Crippen LogP contribution in [0.25, 0.3) is 0 Å². The molecule has 0 N–H and O–H groups in total. The molecule has 0 atom stereocenters. The van der Waals surface area contributed by atoms with Crippen molar-refractivity contribution in [2.24, 2.45) is 0 Å². The zero-order chi connectivity index (χ0) is 6.69. The SMILES string of the molecule is C=Bc1ccc(C)cc1. The number of hydrogen-bond donors (Lipinski definition) is 0. The van der Waals surface area contributed by atoms with Gasteiger partial charge in [-0.25, -0.2) is 0 Å². The van der Waals surface area contributed by atoms with Crippen LogP contribution in [-0.4, -0.2) is 13.4 Å². The maximum atomic E-state index is 3.66. The fraction of sp³-hybridized carbons (Fsp3) is 0.125. The summed E-state index contributed by atoms with van der Waals surface area (Å²) in [7, 11) is 0. The fourth-order valence-corrected chi connectivity index (χ4v) is 0.703. The van der Waals surface area contributed by atoms with Gasteiger partial charge in [-0.1, -0.05) is 0 Å². The van der Waals surface area contributed by atoms with Gasteiger partial charge in [-0.15, -0.1) is 0 Å². The molecule has 0 saturated heterocycles. The molecule has 0 amide bonds. The summed E-state index contributed by atoms with van der Waals surface area (Å²) in [6, 6.07) is 8.28. The minimum absolute atomic E-state index is 1.18. The van der Waals surface area contributed by atoms with E-state index >= 15 is 0 Å². The molecule has 0 saturated carbocycles. The van der Waals surface area contributed by atoms with Crippen molar-refractivity contribution in [3.63, 3.8) is 0 Å². The van der Waals surface area contributed by atoms with Gasteiger partial charge in [-0.05, 0) is 0 Å². The molecule has 1 heteroatoms. The number of rotatable bonds is 1. The van der Waals surface area contributed by atoms with Gasteiger partial charge in [0.15, 0.2) is 0 Å². The summed E-state index contributed by atoms with van der Waals surface area (Å²) in [5, 5.41) is 0. The van der Waals surface area contributed by atoms with Crippen LogP contribution in [0.1, 0.15) is 5.56 Å². The van der Waals surface area contributed by atoms with Gasteiger partial charge in [0.25, 0.3) is 0 Å². The average Bonchev–Trinajstić information content (AvgIpc) is 1.90. The Morgan fingerprint density at radius 1 is 1.22 bits per heavy atom. The van der Waals surface area contributed by atoms with Gasteiger partial charge in [0.1, 0.15) is 0 Å². The summed E-state index contributed by atoms with van der Waals surface area (Å²) in [4.78, 5) is 0. The van der Waals surface area contributed by atoms with Gasteiger partial charge in [0.2, 0.25) is 0 Å². The van der Waals surface area contributed by atoms with Crippen molar-refractivity contribution in [1.29, 1.82) is 0 Å². The molecule has 0 aromatic heterocycles. The molecular weight excluding hydrogens is 107 g/mol. The molecule has 0 unspecified atom stereocenters. The Kier molecular flexibility index (Phi) is 1.83. The van der Waals surface area contributed by atoms with Gasteiger partial charge < -0.3 is 0 Å². The van der Waals surface area contributed by atoms with Crippen LogP contribution >= 0.6 is 0 Å². The Bertz CT molecular complexity index is 198. The summed E-state index contributed by atoms with van der Waals surface area (Å²) < 4.78 is 0. The van der Waals surface area contributed by atoms with Crippen LogP contribution in [0, 0.1) is 6.92 Å². The summed E-state index contributed by atoms with van der Waals surface area (Å²) in [5.74, 6) is 0. The van der Waals surface area contributed by atoms with E-state index in [2.05, 4.69) is 37.7 Å². The van der Waals surface area contributed by atoms with E-state index in [1.165, 1.54) is 11.0 Å². The summed E-state index contributed by atoms with van der Waals surface area (Å²) in [5.41, 5.74) is 2.47. The second-order valence-corrected chi connectivity index (χ2v) is 2.11. The average molecular weight is 116 g/mol. The van der Waals surface area contributed by atoms with E-state index in [9.17, 15) is 0 Å². The zero-order valence-electron chi connectivity index (χ0n) is 5.59. The number of aryl methyl sites for hydroxylation is 1. The first-order valence-electron chi connectivity index (χ1n) is 3.02. The Balaban J connectivity index is 3.01. The first-order valence-corrected chi connectivity index (χ1v) is 3.02. The van der Waals surface area contributed by atoms with Crippen LogP contribution in [0.4, 0.5) is 0 Å². The summed E-state index contributed by atoms with van der Waals surface area (Å²) in [6.07, 6.45) is 0. The topological polar surface area (TPSA) is 0 Å². The van der Waals surface area contributed by atoms with Gasteiger partial charge in [-0.2, -0.15) is 0 Å². The minimum atomic E-state index is 1.18. The number of benzene rings is 1. The molecule has 44 valence electrons. The Morgan fingerprint density at radius 2 is 1.78 bits per heavy atom. The Hall–Kier alpha value is -0.845. The molecule has 0 aliphatic heterocycles. The summed E-state index contributed by atoms with van der Waals surface area (Å²) in [6.45, 7) is 7.58. The molecule has 1 rings (SSSR count). The molecule has 1 aromatic rings. The van der Waals surface area contributed by atoms with Crippen LogP contribution in [0.15, 0.2) is 24.3 Å². The van der Waals surface area contributed by atoms with Crippen LogP contribution in [0.5, 0.6) is 0 Å². The van der Waals surface area contributed by atoms with E-state index in [4.69, 9.17) is 0 Å². The molecule has 1 aromatic carbocycles. The molecule has 0 aliphatic carbocycles. The van der Waals surface area contributed by atoms with Crippen molar-refractivity contribution in [3.05, 3.63) is 29.8 Å². The van der Waals surface area contributed by atoms with Crippen molar-refractivity contribution in [3.8, 4) is 0 Å². The predicted molar refractivity (Wildman–Crippen MR) is 43.7 cm³/mol. The van der Waals surface area contributed by atoms with Gasteiger partial charge in [-0.3, -0.25) is 0 Å². The Morgan fingerprint density at radius 3 is 2.22 bits per heavy atom. The molecule has 0 radical (unpaired) electrons. The third-order valence-corrected chi connectivity index (χ3v) is 1.31. The third-order valence-electron chi connectivity index (χ3n) is 1.31. The van der Waals surface area contributed by atoms with Gasteiger partial charge in [0, 0.05) is 0 Å². The monoisotopic (exact) mass is 116 g/mol. The van der Waals surface area contributed by atoms with Crippen LogP contribution in [0.3, 0.4) is 0 Å². The molecule has 0 nitrogen and oxygen atoms in total. The third kappa shape index (κ3) is 1.53. The van der Waals surface area contributed by atoms with Gasteiger partial charge in [0.05, 0.1) is 0 Å². The molecule has 9 heavy (non-hydrogen) atoms. The van der Waals surface area contributed by atoms with E-state index in [-0.39, 0.29) is 0 Å². The predicted octanol–water partition coefficient (Wildman–Crippen LogP) is 0.757. The van der Waals surface area contributed by atoms with E-state index in [1.807, 2.05) is 6.92 Å².